The number of carboxylic acid groups (broad SMARTS) is 1. The van der Waals surface area contributed by atoms with Crippen LogP contribution in [0, 0.1) is 0 Å². The van der Waals surface area contributed by atoms with Crippen molar-refractivity contribution in [3.63, 3.8) is 0 Å². The van der Waals surface area contributed by atoms with Gasteiger partial charge >= 0.3 is 5.97 Å². The van der Waals surface area contributed by atoms with Crippen molar-refractivity contribution in [3.8, 4) is 0 Å². The molecule has 0 radical (unpaired) electrons. The summed E-state index contributed by atoms with van der Waals surface area (Å²) < 4.78 is 5.32. The number of hydrogen-bond donors (Lipinski definition) is 3. The summed E-state index contributed by atoms with van der Waals surface area (Å²) in [5.74, 6) is 0.653. The molecule has 3 rings (SSSR count). The lowest BCUT2D eigenvalue weighted by Gasteiger charge is -2.18. The Morgan fingerprint density at radius 1 is 1.07 bits per heavy atom. The number of aliphatic hydroxyl groups excluding tert-OH is 1. The molecule has 0 aliphatic heterocycles. The number of unbranched alkanes of at least 4 members (excludes halogenated alkanes) is 1. The molecule has 0 saturated heterocycles. The Morgan fingerprint density at radius 3 is 2.14 bits per heavy atom. The number of methoxy groups -OCH3 is 1. The van der Waals surface area contributed by atoms with E-state index < -0.39 is 5.97 Å². The number of rotatable bonds is 13. The van der Waals surface area contributed by atoms with Crippen LogP contribution in [-0.4, -0.2) is 46.9 Å². The van der Waals surface area contributed by atoms with E-state index in [4.69, 9.17) is 31.4 Å². The third kappa shape index (κ3) is 13.4. The molecule has 1 unspecified atom stereocenters. The van der Waals surface area contributed by atoms with Gasteiger partial charge in [-0.05, 0) is 60.9 Å². The first kappa shape index (κ1) is 36.5. The van der Waals surface area contributed by atoms with Gasteiger partial charge in [-0.2, -0.15) is 0 Å². The largest absolute Gasteiger partial charge is 0.497 e. The Labute approximate surface area is 256 Å². The van der Waals surface area contributed by atoms with E-state index in [1.807, 2.05) is 60.8 Å². The summed E-state index contributed by atoms with van der Waals surface area (Å²) in [6.07, 6.45) is 9.77. The first-order valence-corrected chi connectivity index (χ1v) is 14.7. The number of halogens is 1. The van der Waals surface area contributed by atoms with Crippen LogP contribution in [0.2, 0.25) is 5.02 Å². The van der Waals surface area contributed by atoms with E-state index in [-0.39, 0.29) is 18.9 Å². The summed E-state index contributed by atoms with van der Waals surface area (Å²) >= 11 is 6.12. The highest BCUT2D eigenvalue weighted by molar-refractivity contribution is 6.30. The van der Waals surface area contributed by atoms with Gasteiger partial charge < -0.3 is 20.3 Å². The van der Waals surface area contributed by atoms with Gasteiger partial charge in [0.15, 0.2) is 0 Å². The Bertz CT molecular complexity index is 1230. The van der Waals surface area contributed by atoms with Crippen molar-refractivity contribution in [2.24, 2.45) is 0 Å². The smallest absolute Gasteiger partial charge is 0.304 e. The number of hydrogen-bond acceptors (Lipinski definition) is 6. The Morgan fingerprint density at radius 2 is 1.69 bits per heavy atom. The number of allylic oxidation sites excluding steroid dienone is 1. The summed E-state index contributed by atoms with van der Waals surface area (Å²) in [5.41, 5.74) is 5.02. The molecule has 2 aromatic carbocycles. The molecule has 42 heavy (non-hydrogen) atoms. The van der Waals surface area contributed by atoms with E-state index in [1.54, 1.807) is 20.2 Å². The Balaban J connectivity index is 0.000000683. The van der Waals surface area contributed by atoms with Crippen LogP contribution in [0.15, 0.2) is 73.1 Å². The first-order valence-electron chi connectivity index (χ1n) is 14.3. The minimum atomic E-state index is -0.755. The van der Waals surface area contributed by atoms with Crippen LogP contribution in [0.4, 0.5) is 0 Å². The maximum Gasteiger partial charge on any atom is 0.304 e. The molecule has 1 heterocycles. The fourth-order valence-electron chi connectivity index (χ4n) is 3.67. The van der Waals surface area contributed by atoms with Crippen LogP contribution >= 0.6 is 11.6 Å². The van der Waals surface area contributed by atoms with Gasteiger partial charge in [-0.3, -0.25) is 4.79 Å². The molecule has 7 nitrogen and oxygen atoms in total. The number of aromatic nitrogens is 2. The van der Waals surface area contributed by atoms with E-state index in [9.17, 15) is 9.90 Å². The average Bonchev–Trinajstić information content (AvgIpc) is 3.02. The predicted octanol–water partition coefficient (Wildman–Crippen LogP) is 7.22. The number of aliphatic carboxylic acids is 1. The van der Waals surface area contributed by atoms with Crippen molar-refractivity contribution in [1.29, 1.82) is 0 Å². The number of benzene rings is 2. The maximum atomic E-state index is 9.72. The van der Waals surface area contributed by atoms with Gasteiger partial charge in [0.05, 0.1) is 25.8 Å². The van der Waals surface area contributed by atoms with Gasteiger partial charge in [-0.25, -0.2) is 9.97 Å². The van der Waals surface area contributed by atoms with Crippen LogP contribution in [-0.2, 0) is 29.0 Å². The molecule has 0 spiro atoms. The van der Waals surface area contributed by atoms with Crippen LogP contribution in [0.25, 0.3) is 6.08 Å². The van der Waals surface area contributed by atoms with E-state index in [1.165, 1.54) is 12.8 Å². The van der Waals surface area contributed by atoms with E-state index in [0.29, 0.717) is 17.3 Å². The molecule has 0 amide bonds. The van der Waals surface area contributed by atoms with Crippen LogP contribution in [0.3, 0.4) is 0 Å². The summed E-state index contributed by atoms with van der Waals surface area (Å²) in [6, 6.07) is 15.8. The van der Waals surface area contributed by atoms with Crippen molar-refractivity contribution in [1.82, 2.24) is 15.3 Å². The minimum absolute atomic E-state index is 0.0260. The lowest BCUT2D eigenvalue weighted by atomic mass is 9.90. The fourth-order valence-corrected chi connectivity index (χ4v) is 3.80. The fraction of sp³-hybridized carbons (Fsp3) is 0.382. The zero-order valence-corrected chi connectivity index (χ0v) is 26.3. The lowest BCUT2D eigenvalue weighted by Crippen LogP contribution is -2.12. The van der Waals surface area contributed by atoms with Crippen molar-refractivity contribution >= 4 is 23.6 Å². The highest BCUT2D eigenvalue weighted by atomic mass is 35.5. The third-order valence-corrected chi connectivity index (χ3v) is 6.56. The Hall–Kier alpha value is -3.52. The zero-order chi connectivity index (χ0) is 31.3. The highest BCUT2D eigenvalue weighted by Gasteiger charge is 2.19. The molecular formula is C34H46ClN3O4. The van der Waals surface area contributed by atoms with Crippen LogP contribution in [0.5, 0.6) is 0 Å². The molecular weight excluding hydrogens is 550 g/mol. The predicted molar refractivity (Wildman–Crippen MR) is 173 cm³/mol. The van der Waals surface area contributed by atoms with Gasteiger partial charge in [-0.1, -0.05) is 88.2 Å². The quantitative estimate of drug-likeness (QED) is 0.141. The summed E-state index contributed by atoms with van der Waals surface area (Å²) in [6.45, 7) is 10.8. The molecule has 3 aromatic rings. The van der Waals surface area contributed by atoms with Crippen LogP contribution in [0.1, 0.15) is 79.7 Å². The average molecular weight is 596 g/mol. The molecule has 1 aromatic heterocycles. The SMILES string of the molecule is C=C/C(=C\c1cnc(C(Cc2ccc(CO)cc2)c2ccc(Cl)cc2)nc1CC)OC.CCCC.CNCCC(=O)O. The van der Waals surface area contributed by atoms with Gasteiger partial charge in [-0.15, -0.1) is 0 Å². The number of carbonyl (C=O) groups is 1. The van der Waals surface area contributed by atoms with Gasteiger partial charge in [0.2, 0.25) is 0 Å². The molecule has 0 aliphatic carbocycles. The molecule has 0 fully saturated rings. The van der Waals surface area contributed by atoms with Gasteiger partial charge in [0.1, 0.15) is 11.6 Å². The lowest BCUT2D eigenvalue weighted by molar-refractivity contribution is -0.136. The van der Waals surface area contributed by atoms with Gasteiger partial charge in [0.25, 0.3) is 0 Å². The molecule has 3 N–H and O–H groups in total. The molecule has 0 bridgehead atoms. The summed E-state index contributed by atoms with van der Waals surface area (Å²) in [7, 11) is 3.34. The molecule has 0 saturated carbocycles. The topological polar surface area (TPSA) is 105 Å². The van der Waals surface area contributed by atoms with Crippen molar-refractivity contribution in [2.45, 2.75) is 65.4 Å². The number of ether oxygens (including phenoxy) is 1. The molecule has 8 heteroatoms. The van der Waals surface area contributed by atoms with E-state index >= 15 is 0 Å². The van der Waals surface area contributed by atoms with Crippen molar-refractivity contribution in [2.75, 3.05) is 20.7 Å². The van der Waals surface area contributed by atoms with E-state index in [0.717, 1.165) is 46.6 Å². The minimum Gasteiger partial charge on any atom is -0.497 e. The van der Waals surface area contributed by atoms with E-state index in [2.05, 4.69) is 32.7 Å². The van der Waals surface area contributed by atoms with Gasteiger partial charge in [0, 0.05) is 29.2 Å². The van der Waals surface area contributed by atoms with Crippen LogP contribution < -0.4 is 5.32 Å². The number of aryl methyl sites for hydroxylation is 1. The molecule has 228 valence electrons. The summed E-state index contributed by atoms with van der Waals surface area (Å²) in [5, 5.41) is 20.7. The molecule has 0 aliphatic rings. The number of carboxylic acids is 1. The van der Waals surface area contributed by atoms with Crippen molar-refractivity contribution < 1.29 is 19.7 Å². The number of aliphatic hydroxyl groups is 1. The Kier molecular flexibility index (Phi) is 18.4. The maximum absolute atomic E-state index is 9.72. The highest BCUT2D eigenvalue weighted by Crippen LogP contribution is 2.28. The monoisotopic (exact) mass is 595 g/mol. The number of nitrogens with zero attached hydrogens (tertiary/aromatic N) is 2. The number of nitrogens with one attached hydrogen (secondary N) is 1. The summed E-state index contributed by atoms with van der Waals surface area (Å²) in [4.78, 5) is 19.4. The second-order valence-corrected chi connectivity index (χ2v) is 9.91. The molecule has 1 atom stereocenters. The normalized spacial score (nSPS) is 11.4. The first-order chi connectivity index (χ1) is 20.3. The van der Waals surface area contributed by atoms with Crippen molar-refractivity contribution in [3.05, 3.63) is 112 Å². The standard InChI is InChI=1S/C26H27ClN2O2.C4H9NO2.C4H10/c1-4-23(31-3)15-21-16-28-26(29-25(21)5-2)24(20-10-12-22(27)13-11-20)14-18-6-8-19(17-30)9-7-18;1-5-3-2-4(6)7;1-3-4-2/h4,6-13,15-16,24,30H,1,5,14,17H2,2-3H3;5H,2-3H2,1H3,(H,6,7);3-4H2,1-2H3/b23-15+;;. The third-order valence-electron chi connectivity index (χ3n) is 6.31. The second kappa shape index (κ2) is 21.2. The second-order valence-electron chi connectivity index (χ2n) is 9.47. The zero-order valence-electron chi connectivity index (χ0n) is 25.6.